The fraction of sp³-hybridized carbons (Fsp3) is 0.500. The van der Waals surface area contributed by atoms with Crippen LogP contribution in [0.5, 0.6) is 0 Å². The van der Waals surface area contributed by atoms with Gasteiger partial charge < -0.3 is 4.90 Å². The van der Waals surface area contributed by atoms with Gasteiger partial charge in [-0.1, -0.05) is 30.3 Å². The molecule has 1 aliphatic rings. The molecule has 0 saturated carbocycles. The van der Waals surface area contributed by atoms with Crippen molar-refractivity contribution >= 4 is 6.03 Å². The number of amides is 2. The highest BCUT2D eigenvalue weighted by atomic mass is 16.7. The quantitative estimate of drug-likeness (QED) is 0.836. The van der Waals surface area contributed by atoms with Crippen LogP contribution >= 0.6 is 0 Å². The van der Waals surface area contributed by atoms with Gasteiger partial charge in [0, 0.05) is 12.6 Å². The first-order chi connectivity index (χ1) is 8.77. The molecule has 1 N–H and O–H groups in total. The van der Waals surface area contributed by atoms with Gasteiger partial charge >= 0.3 is 6.03 Å². The summed E-state index contributed by atoms with van der Waals surface area (Å²) in [5, 5.41) is 0. The van der Waals surface area contributed by atoms with Crippen molar-refractivity contribution in [2.24, 2.45) is 0 Å². The molecule has 0 aromatic heterocycles. The Morgan fingerprint density at radius 1 is 1.39 bits per heavy atom. The van der Waals surface area contributed by atoms with Gasteiger partial charge in [0.2, 0.25) is 0 Å². The van der Waals surface area contributed by atoms with Gasteiger partial charge in [0.1, 0.15) is 0 Å². The monoisotopic (exact) mass is 248 g/mol. The molecule has 4 heteroatoms. The lowest BCUT2D eigenvalue weighted by molar-refractivity contribution is 0.0292. The molecule has 1 atom stereocenters. The zero-order chi connectivity index (χ0) is 12.8. The van der Waals surface area contributed by atoms with E-state index in [9.17, 15) is 4.79 Å². The third kappa shape index (κ3) is 3.47. The SMILES string of the molecule is C[C@@H]1CCCCN1C(=O)NOCc1ccccc1. The predicted molar refractivity (Wildman–Crippen MR) is 69.8 cm³/mol. The summed E-state index contributed by atoms with van der Waals surface area (Å²) in [7, 11) is 0. The molecular formula is C14H20N2O2. The minimum Gasteiger partial charge on any atom is -0.320 e. The zero-order valence-corrected chi connectivity index (χ0v) is 10.8. The van der Waals surface area contributed by atoms with E-state index >= 15 is 0 Å². The molecule has 0 radical (unpaired) electrons. The summed E-state index contributed by atoms with van der Waals surface area (Å²) < 4.78 is 0. The fourth-order valence-electron chi connectivity index (χ4n) is 2.21. The standard InChI is InChI=1S/C14H20N2O2/c1-12-7-5-6-10-16(12)14(17)15-18-11-13-8-3-2-4-9-13/h2-4,8-9,12H,5-7,10-11H2,1H3,(H,15,17)/t12-/m1/s1. The molecule has 4 nitrogen and oxygen atoms in total. The lowest BCUT2D eigenvalue weighted by Gasteiger charge is -2.32. The average molecular weight is 248 g/mol. The number of hydroxylamine groups is 1. The Hall–Kier alpha value is -1.55. The number of hydrogen-bond donors (Lipinski definition) is 1. The minimum atomic E-state index is -0.127. The van der Waals surface area contributed by atoms with Crippen molar-refractivity contribution in [1.29, 1.82) is 0 Å². The molecule has 1 heterocycles. The molecule has 0 spiro atoms. The highest BCUT2D eigenvalue weighted by Gasteiger charge is 2.22. The molecular weight excluding hydrogens is 228 g/mol. The van der Waals surface area contributed by atoms with E-state index in [1.807, 2.05) is 35.2 Å². The maximum Gasteiger partial charge on any atom is 0.341 e. The lowest BCUT2D eigenvalue weighted by atomic mass is 10.0. The number of piperidine rings is 1. The van der Waals surface area contributed by atoms with Crippen LogP contribution in [0.3, 0.4) is 0 Å². The summed E-state index contributed by atoms with van der Waals surface area (Å²) in [6.45, 7) is 3.30. The predicted octanol–water partition coefficient (Wildman–Crippen LogP) is 2.70. The molecule has 0 aliphatic carbocycles. The summed E-state index contributed by atoms with van der Waals surface area (Å²) in [5.41, 5.74) is 3.56. The van der Waals surface area contributed by atoms with Crippen molar-refractivity contribution in [3.8, 4) is 0 Å². The third-order valence-electron chi connectivity index (χ3n) is 3.30. The van der Waals surface area contributed by atoms with Crippen LogP contribution in [0.15, 0.2) is 30.3 Å². The fourth-order valence-corrected chi connectivity index (χ4v) is 2.21. The summed E-state index contributed by atoms with van der Waals surface area (Å²) >= 11 is 0. The second kappa shape index (κ2) is 6.40. The molecule has 1 aliphatic heterocycles. The number of benzene rings is 1. The molecule has 1 aromatic carbocycles. The van der Waals surface area contributed by atoms with Gasteiger partial charge in [-0.2, -0.15) is 0 Å². The van der Waals surface area contributed by atoms with Crippen LogP contribution in [-0.2, 0) is 11.4 Å². The van der Waals surface area contributed by atoms with E-state index < -0.39 is 0 Å². The molecule has 1 aromatic rings. The number of carbonyl (C=O) groups is 1. The Morgan fingerprint density at radius 2 is 2.17 bits per heavy atom. The van der Waals surface area contributed by atoms with Crippen LogP contribution in [0, 0.1) is 0 Å². The van der Waals surface area contributed by atoms with E-state index in [1.54, 1.807) is 0 Å². The Balaban J connectivity index is 1.74. The van der Waals surface area contributed by atoms with Gasteiger partial charge in [0.05, 0.1) is 6.61 Å². The number of urea groups is 1. The van der Waals surface area contributed by atoms with Crippen molar-refractivity contribution in [3.63, 3.8) is 0 Å². The first kappa shape index (κ1) is 12.9. The molecule has 1 fully saturated rings. The van der Waals surface area contributed by atoms with E-state index in [2.05, 4.69) is 12.4 Å². The maximum absolute atomic E-state index is 11.9. The van der Waals surface area contributed by atoms with E-state index in [0.29, 0.717) is 12.6 Å². The number of nitrogens with zero attached hydrogens (tertiary/aromatic N) is 1. The van der Waals surface area contributed by atoms with Crippen molar-refractivity contribution < 1.29 is 9.63 Å². The smallest absolute Gasteiger partial charge is 0.320 e. The first-order valence-electron chi connectivity index (χ1n) is 6.49. The van der Waals surface area contributed by atoms with Crippen molar-refractivity contribution in [3.05, 3.63) is 35.9 Å². The third-order valence-corrected chi connectivity index (χ3v) is 3.30. The van der Waals surface area contributed by atoms with Crippen LogP contribution in [0.2, 0.25) is 0 Å². The molecule has 1 saturated heterocycles. The topological polar surface area (TPSA) is 41.6 Å². The number of hydrogen-bond acceptors (Lipinski definition) is 2. The average Bonchev–Trinajstić information content (AvgIpc) is 2.40. The van der Waals surface area contributed by atoms with Gasteiger partial charge in [-0.15, -0.1) is 0 Å². The van der Waals surface area contributed by atoms with Gasteiger partial charge in [0.15, 0.2) is 0 Å². The first-order valence-corrected chi connectivity index (χ1v) is 6.49. The van der Waals surface area contributed by atoms with Gasteiger partial charge in [-0.05, 0) is 31.7 Å². The van der Waals surface area contributed by atoms with E-state index in [1.165, 1.54) is 6.42 Å². The normalized spacial score (nSPS) is 19.6. The summed E-state index contributed by atoms with van der Waals surface area (Å²) in [6.07, 6.45) is 3.36. The summed E-state index contributed by atoms with van der Waals surface area (Å²) in [5.74, 6) is 0. The van der Waals surface area contributed by atoms with Crippen molar-refractivity contribution in [2.75, 3.05) is 6.54 Å². The van der Waals surface area contributed by atoms with Crippen LogP contribution in [0.4, 0.5) is 4.79 Å². The Kier molecular flexibility index (Phi) is 4.59. The number of rotatable bonds is 3. The maximum atomic E-state index is 11.9. The van der Waals surface area contributed by atoms with Gasteiger partial charge in [0.25, 0.3) is 0 Å². The van der Waals surface area contributed by atoms with Crippen LogP contribution in [0.25, 0.3) is 0 Å². The largest absolute Gasteiger partial charge is 0.341 e. The molecule has 0 unspecified atom stereocenters. The second-order valence-corrected chi connectivity index (χ2v) is 4.72. The van der Waals surface area contributed by atoms with Crippen molar-refractivity contribution in [2.45, 2.75) is 38.8 Å². The molecule has 98 valence electrons. The Morgan fingerprint density at radius 3 is 2.89 bits per heavy atom. The van der Waals surface area contributed by atoms with E-state index in [0.717, 1.165) is 24.9 Å². The van der Waals surface area contributed by atoms with Crippen LogP contribution in [-0.4, -0.2) is 23.5 Å². The summed E-state index contributed by atoms with van der Waals surface area (Å²) in [4.78, 5) is 19.0. The van der Waals surface area contributed by atoms with E-state index in [-0.39, 0.29) is 6.03 Å². The molecule has 2 amide bonds. The van der Waals surface area contributed by atoms with Crippen LogP contribution in [0.1, 0.15) is 31.7 Å². The van der Waals surface area contributed by atoms with Crippen molar-refractivity contribution in [1.82, 2.24) is 10.4 Å². The Bertz CT molecular complexity index is 381. The second-order valence-electron chi connectivity index (χ2n) is 4.72. The summed E-state index contributed by atoms with van der Waals surface area (Å²) in [6, 6.07) is 9.97. The highest BCUT2D eigenvalue weighted by Crippen LogP contribution is 2.16. The number of nitrogens with one attached hydrogen (secondary N) is 1. The minimum absolute atomic E-state index is 0.127. The van der Waals surface area contributed by atoms with Gasteiger partial charge in [-0.25, -0.2) is 10.3 Å². The molecule has 2 rings (SSSR count). The van der Waals surface area contributed by atoms with Gasteiger partial charge in [-0.3, -0.25) is 4.84 Å². The Labute approximate surface area is 108 Å². The number of likely N-dealkylation sites (tertiary alicyclic amines) is 1. The number of carbonyl (C=O) groups excluding carboxylic acids is 1. The lowest BCUT2D eigenvalue weighted by Crippen LogP contribution is -2.47. The zero-order valence-electron chi connectivity index (χ0n) is 10.8. The molecule has 0 bridgehead atoms. The van der Waals surface area contributed by atoms with Crippen LogP contribution < -0.4 is 5.48 Å². The highest BCUT2D eigenvalue weighted by molar-refractivity contribution is 5.73. The van der Waals surface area contributed by atoms with E-state index in [4.69, 9.17) is 4.84 Å². The molecule has 18 heavy (non-hydrogen) atoms.